The van der Waals surface area contributed by atoms with Crippen molar-refractivity contribution >= 4 is 0 Å². The summed E-state index contributed by atoms with van der Waals surface area (Å²) in [5.41, 5.74) is 4.91. The zero-order chi connectivity index (χ0) is 22.2. The molecule has 3 nitrogen and oxygen atoms in total. The summed E-state index contributed by atoms with van der Waals surface area (Å²) in [4.78, 5) is 2.72. The third-order valence-electron chi connectivity index (χ3n) is 8.07. The topological polar surface area (TPSA) is 24.5 Å². The van der Waals surface area contributed by atoms with E-state index in [4.69, 9.17) is 4.74 Å². The molecule has 0 spiro atoms. The van der Waals surface area contributed by atoms with Crippen LogP contribution in [0.2, 0.25) is 0 Å². The number of benzene rings is 3. The van der Waals surface area contributed by atoms with E-state index in [1.807, 2.05) is 0 Å². The first-order chi connectivity index (χ1) is 15.6. The Morgan fingerprint density at radius 3 is 2.16 bits per heavy atom. The van der Waals surface area contributed by atoms with E-state index in [9.17, 15) is 0 Å². The van der Waals surface area contributed by atoms with Crippen LogP contribution in [-0.4, -0.2) is 25.1 Å². The van der Waals surface area contributed by atoms with Crippen LogP contribution in [0.3, 0.4) is 0 Å². The number of rotatable bonds is 6. The van der Waals surface area contributed by atoms with Crippen molar-refractivity contribution < 1.29 is 4.74 Å². The Balaban J connectivity index is 1.67. The van der Waals surface area contributed by atoms with Gasteiger partial charge in [0.05, 0.1) is 18.2 Å². The Morgan fingerprint density at radius 2 is 1.53 bits per heavy atom. The Kier molecular flexibility index (Phi) is 5.56. The third kappa shape index (κ3) is 3.18. The second-order valence-electron chi connectivity index (χ2n) is 9.54. The van der Waals surface area contributed by atoms with Gasteiger partial charge in [-0.15, -0.1) is 0 Å². The number of aryl methyl sites for hydroxylation is 1. The lowest BCUT2D eigenvalue weighted by molar-refractivity contribution is -0.122. The molecule has 3 saturated heterocycles. The monoisotopic (exact) mass is 426 g/mol. The van der Waals surface area contributed by atoms with Gasteiger partial charge >= 0.3 is 0 Å². The number of methoxy groups -OCH3 is 1. The molecule has 0 unspecified atom stereocenters. The van der Waals surface area contributed by atoms with Gasteiger partial charge in [0.2, 0.25) is 0 Å². The lowest BCUT2D eigenvalue weighted by Gasteiger charge is -2.66. The van der Waals surface area contributed by atoms with Crippen molar-refractivity contribution in [2.24, 2.45) is 5.92 Å². The number of nitrogens with zero attached hydrogens (tertiary/aromatic N) is 1. The summed E-state index contributed by atoms with van der Waals surface area (Å²) in [5, 5.41) is 4.17. The normalized spacial score (nSPS) is 29.1. The van der Waals surface area contributed by atoms with E-state index in [2.05, 4.69) is 103 Å². The van der Waals surface area contributed by atoms with Crippen LogP contribution in [0.25, 0.3) is 0 Å². The van der Waals surface area contributed by atoms with Crippen LogP contribution in [0.1, 0.15) is 42.0 Å². The first-order valence-corrected chi connectivity index (χ1v) is 11.8. The highest BCUT2D eigenvalue weighted by atomic mass is 16.5. The van der Waals surface area contributed by atoms with Gasteiger partial charge in [0.15, 0.2) is 0 Å². The molecule has 32 heavy (non-hydrogen) atoms. The Hall–Kier alpha value is -2.62. The largest absolute Gasteiger partial charge is 0.496 e. The van der Waals surface area contributed by atoms with Crippen molar-refractivity contribution in [1.82, 2.24) is 10.2 Å². The summed E-state index contributed by atoms with van der Waals surface area (Å²) in [5.74, 6) is 1.52. The average Bonchev–Trinajstić information content (AvgIpc) is 2.85. The van der Waals surface area contributed by atoms with Crippen LogP contribution in [0.4, 0.5) is 0 Å². The summed E-state index contributed by atoms with van der Waals surface area (Å²) in [6.45, 7) is 7.69. The number of ether oxygens (including phenoxy) is 1. The first-order valence-electron chi connectivity index (χ1n) is 11.8. The van der Waals surface area contributed by atoms with Gasteiger partial charge < -0.3 is 10.1 Å². The van der Waals surface area contributed by atoms with Crippen molar-refractivity contribution in [3.63, 3.8) is 0 Å². The van der Waals surface area contributed by atoms with Crippen LogP contribution in [0.5, 0.6) is 5.75 Å². The SMILES string of the molecule is COc1ccc(C)cc1CN[C@]1(c2ccccc2)C2CCN(CC2)[C@@]1(C)c1ccccc1. The van der Waals surface area contributed by atoms with Crippen molar-refractivity contribution in [1.29, 1.82) is 0 Å². The molecule has 3 heteroatoms. The fraction of sp³-hybridized carbons (Fsp3) is 0.379. The van der Waals surface area contributed by atoms with Crippen LogP contribution < -0.4 is 10.1 Å². The summed E-state index contributed by atoms with van der Waals surface area (Å²) in [7, 11) is 1.77. The van der Waals surface area contributed by atoms with Gasteiger partial charge in [-0.3, -0.25) is 4.90 Å². The zero-order valence-electron chi connectivity index (χ0n) is 19.5. The lowest BCUT2D eigenvalue weighted by Crippen LogP contribution is -2.74. The quantitative estimate of drug-likeness (QED) is 0.553. The number of hydrogen-bond acceptors (Lipinski definition) is 3. The molecule has 166 valence electrons. The third-order valence-corrected chi connectivity index (χ3v) is 8.07. The zero-order valence-corrected chi connectivity index (χ0v) is 19.5. The Labute approximate surface area is 192 Å². The van der Waals surface area contributed by atoms with Crippen LogP contribution in [0, 0.1) is 12.8 Å². The fourth-order valence-electron chi connectivity index (χ4n) is 6.50. The maximum absolute atomic E-state index is 5.73. The molecule has 0 aliphatic carbocycles. The van der Waals surface area contributed by atoms with E-state index in [0.29, 0.717) is 5.92 Å². The van der Waals surface area contributed by atoms with Gasteiger partial charge in [-0.05, 0) is 62.9 Å². The van der Waals surface area contributed by atoms with E-state index in [1.165, 1.54) is 35.1 Å². The molecule has 2 bridgehead atoms. The number of piperidine rings is 3. The number of hydrogen-bond donors (Lipinski definition) is 1. The number of fused-ring (bicyclic) bond motifs is 3. The van der Waals surface area contributed by atoms with Crippen LogP contribution >= 0.6 is 0 Å². The highest BCUT2D eigenvalue weighted by Gasteiger charge is 2.62. The minimum absolute atomic E-state index is 0.145. The molecule has 6 rings (SSSR count). The molecule has 0 aromatic heterocycles. The van der Waals surface area contributed by atoms with Gasteiger partial charge in [-0.2, -0.15) is 0 Å². The predicted octanol–water partition coefficient (Wildman–Crippen LogP) is 5.63. The maximum atomic E-state index is 5.73. The smallest absolute Gasteiger partial charge is 0.123 e. The maximum Gasteiger partial charge on any atom is 0.123 e. The van der Waals surface area contributed by atoms with Crippen molar-refractivity contribution in [3.05, 3.63) is 101 Å². The van der Waals surface area contributed by atoms with Crippen molar-refractivity contribution in [2.45, 2.75) is 44.3 Å². The predicted molar refractivity (Wildman–Crippen MR) is 131 cm³/mol. The van der Waals surface area contributed by atoms with Crippen LogP contribution in [0.15, 0.2) is 78.9 Å². The minimum atomic E-state index is -0.194. The molecule has 0 saturated carbocycles. The standard InChI is InChI=1S/C29H34N2O/c1-22-14-15-27(32-3)23(20-22)21-30-29(25-12-8-5-9-13-25)26-16-18-31(19-17-26)28(29,2)24-10-6-4-7-11-24/h4-15,20,26,30H,16-19,21H2,1-3H3/t28-,29+/m0/s1. The average molecular weight is 427 g/mol. The van der Waals surface area contributed by atoms with Gasteiger partial charge in [0, 0.05) is 12.1 Å². The molecule has 3 aliphatic rings. The summed E-state index contributed by atoms with van der Waals surface area (Å²) in [6, 6.07) is 28.7. The second kappa shape index (κ2) is 8.38. The molecule has 3 aromatic rings. The Bertz CT molecular complexity index is 1060. The fourth-order valence-corrected chi connectivity index (χ4v) is 6.50. The van der Waals surface area contributed by atoms with Gasteiger partial charge in [-0.25, -0.2) is 0 Å². The molecule has 3 aromatic carbocycles. The molecule has 0 amide bonds. The molecule has 0 radical (unpaired) electrons. The highest BCUT2D eigenvalue weighted by Crippen LogP contribution is 2.57. The van der Waals surface area contributed by atoms with Crippen molar-refractivity contribution in [3.8, 4) is 5.75 Å². The molecular weight excluding hydrogens is 392 g/mol. The Morgan fingerprint density at radius 1 is 0.906 bits per heavy atom. The second-order valence-corrected chi connectivity index (χ2v) is 9.54. The molecule has 3 heterocycles. The lowest BCUT2D eigenvalue weighted by atomic mass is 9.55. The van der Waals surface area contributed by atoms with Gasteiger partial charge in [-0.1, -0.05) is 78.4 Å². The van der Waals surface area contributed by atoms with E-state index >= 15 is 0 Å². The van der Waals surface area contributed by atoms with E-state index < -0.39 is 0 Å². The van der Waals surface area contributed by atoms with E-state index in [-0.39, 0.29) is 11.1 Å². The minimum Gasteiger partial charge on any atom is -0.496 e. The molecular formula is C29H34N2O. The molecule has 1 N–H and O–H groups in total. The van der Waals surface area contributed by atoms with E-state index in [0.717, 1.165) is 25.4 Å². The van der Waals surface area contributed by atoms with Gasteiger partial charge in [0.25, 0.3) is 0 Å². The number of nitrogens with one attached hydrogen (secondary N) is 1. The van der Waals surface area contributed by atoms with E-state index in [1.54, 1.807) is 7.11 Å². The van der Waals surface area contributed by atoms with Crippen LogP contribution in [-0.2, 0) is 17.6 Å². The molecule has 3 fully saturated rings. The summed E-state index contributed by atoms with van der Waals surface area (Å²) < 4.78 is 5.73. The molecule has 2 atom stereocenters. The molecule has 3 aliphatic heterocycles. The highest BCUT2D eigenvalue weighted by molar-refractivity contribution is 5.42. The first kappa shape index (κ1) is 21.2. The van der Waals surface area contributed by atoms with Gasteiger partial charge in [0.1, 0.15) is 5.75 Å². The summed E-state index contributed by atoms with van der Waals surface area (Å²) in [6.07, 6.45) is 2.44. The summed E-state index contributed by atoms with van der Waals surface area (Å²) >= 11 is 0. The van der Waals surface area contributed by atoms with Crippen molar-refractivity contribution in [2.75, 3.05) is 20.2 Å².